The van der Waals surface area contributed by atoms with E-state index in [1.807, 2.05) is 25.3 Å². The number of hydrogen-bond acceptors (Lipinski definition) is 6. The summed E-state index contributed by atoms with van der Waals surface area (Å²) in [6, 6.07) is 8.15. The highest BCUT2D eigenvalue weighted by Crippen LogP contribution is 2.28. The van der Waals surface area contributed by atoms with E-state index in [4.69, 9.17) is 5.73 Å². The monoisotopic (exact) mass is 335 g/mol. The number of rotatable bonds is 4. The van der Waals surface area contributed by atoms with Crippen molar-refractivity contribution in [3.63, 3.8) is 0 Å². The second-order valence-corrected chi connectivity index (χ2v) is 6.78. The van der Waals surface area contributed by atoms with E-state index in [0.29, 0.717) is 12.4 Å². The summed E-state index contributed by atoms with van der Waals surface area (Å²) < 4.78 is 0. The molecule has 0 amide bonds. The summed E-state index contributed by atoms with van der Waals surface area (Å²) in [5.74, 6) is 0.508. The van der Waals surface area contributed by atoms with Gasteiger partial charge in [0.05, 0.1) is 29.3 Å². The van der Waals surface area contributed by atoms with Gasteiger partial charge in [0.2, 0.25) is 0 Å². The maximum absolute atomic E-state index is 6.00. The fourth-order valence-electron chi connectivity index (χ4n) is 2.80. The SMILES string of the molecule is Cc1nc(CNc2cc(N)nc3cc(C4=CC=NC4)ccc23)cs1. The van der Waals surface area contributed by atoms with Gasteiger partial charge >= 0.3 is 0 Å². The highest BCUT2D eigenvalue weighted by Gasteiger charge is 2.09. The molecule has 0 bridgehead atoms. The second-order valence-electron chi connectivity index (χ2n) is 5.72. The van der Waals surface area contributed by atoms with Crippen LogP contribution in [-0.4, -0.2) is 22.7 Å². The van der Waals surface area contributed by atoms with Crippen molar-refractivity contribution in [3.05, 3.63) is 52.0 Å². The molecule has 0 saturated carbocycles. The van der Waals surface area contributed by atoms with Crippen molar-refractivity contribution in [2.45, 2.75) is 13.5 Å². The van der Waals surface area contributed by atoms with Gasteiger partial charge < -0.3 is 11.1 Å². The number of benzene rings is 1. The van der Waals surface area contributed by atoms with Gasteiger partial charge in [0.25, 0.3) is 0 Å². The van der Waals surface area contributed by atoms with E-state index in [0.717, 1.165) is 39.4 Å². The molecule has 0 saturated heterocycles. The third-order valence-electron chi connectivity index (χ3n) is 3.97. The highest BCUT2D eigenvalue weighted by molar-refractivity contribution is 7.09. The van der Waals surface area contributed by atoms with Gasteiger partial charge in [-0.05, 0) is 30.2 Å². The zero-order valence-corrected chi connectivity index (χ0v) is 14.1. The molecule has 1 aliphatic rings. The Labute approximate surface area is 144 Å². The molecular formula is C18H17N5S. The third-order valence-corrected chi connectivity index (χ3v) is 4.79. The lowest BCUT2D eigenvalue weighted by molar-refractivity contribution is 1.06. The van der Waals surface area contributed by atoms with Crippen molar-refractivity contribution in [1.29, 1.82) is 0 Å². The number of thiazole rings is 1. The smallest absolute Gasteiger partial charge is 0.126 e. The Morgan fingerprint density at radius 3 is 2.92 bits per heavy atom. The number of fused-ring (bicyclic) bond motifs is 1. The van der Waals surface area contributed by atoms with Crippen molar-refractivity contribution in [2.24, 2.45) is 4.99 Å². The third kappa shape index (κ3) is 2.88. The molecule has 2 aromatic heterocycles. The molecule has 120 valence electrons. The topological polar surface area (TPSA) is 76.2 Å². The predicted octanol–water partition coefficient (Wildman–Crippen LogP) is 3.66. The van der Waals surface area contributed by atoms with Crippen LogP contribution in [0.25, 0.3) is 16.5 Å². The van der Waals surface area contributed by atoms with E-state index in [1.165, 1.54) is 5.57 Å². The van der Waals surface area contributed by atoms with Crippen molar-refractivity contribution < 1.29 is 0 Å². The van der Waals surface area contributed by atoms with Gasteiger partial charge in [-0.15, -0.1) is 11.3 Å². The van der Waals surface area contributed by atoms with Gasteiger partial charge in [0.1, 0.15) is 5.82 Å². The lowest BCUT2D eigenvalue weighted by Crippen LogP contribution is -2.03. The molecule has 1 aromatic carbocycles. The van der Waals surface area contributed by atoms with Crippen LogP contribution in [0.2, 0.25) is 0 Å². The van der Waals surface area contributed by atoms with E-state index < -0.39 is 0 Å². The van der Waals surface area contributed by atoms with Crippen molar-refractivity contribution in [2.75, 3.05) is 17.6 Å². The van der Waals surface area contributed by atoms with Crippen LogP contribution < -0.4 is 11.1 Å². The normalized spacial score (nSPS) is 13.5. The summed E-state index contributed by atoms with van der Waals surface area (Å²) in [6.07, 6.45) is 3.88. The summed E-state index contributed by atoms with van der Waals surface area (Å²) in [6.45, 7) is 3.41. The minimum absolute atomic E-state index is 0.508. The fraction of sp³-hybridized carbons (Fsp3) is 0.167. The molecule has 0 spiro atoms. The molecule has 0 aliphatic carbocycles. The Morgan fingerprint density at radius 2 is 2.17 bits per heavy atom. The number of nitrogens with zero attached hydrogens (tertiary/aromatic N) is 3. The van der Waals surface area contributed by atoms with E-state index >= 15 is 0 Å². The maximum atomic E-state index is 6.00. The van der Waals surface area contributed by atoms with Gasteiger partial charge in [0.15, 0.2) is 0 Å². The van der Waals surface area contributed by atoms with Gasteiger partial charge in [0, 0.05) is 28.7 Å². The molecule has 6 heteroatoms. The molecule has 0 unspecified atom stereocenters. The Hall–Kier alpha value is -2.73. The summed E-state index contributed by atoms with van der Waals surface area (Å²) in [7, 11) is 0. The Morgan fingerprint density at radius 1 is 1.25 bits per heavy atom. The first-order valence-corrected chi connectivity index (χ1v) is 8.61. The summed E-state index contributed by atoms with van der Waals surface area (Å²) in [5.41, 5.74) is 11.2. The number of aromatic nitrogens is 2. The molecule has 3 heterocycles. The van der Waals surface area contributed by atoms with Crippen LogP contribution in [0, 0.1) is 6.92 Å². The zero-order chi connectivity index (χ0) is 16.5. The summed E-state index contributed by atoms with van der Waals surface area (Å²) in [4.78, 5) is 13.2. The first-order valence-electron chi connectivity index (χ1n) is 7.73. The first-order chi connectivity index (χ1) is 11.7. The minimum atomic E-state index is 0.508. The van der Waals surface area contributed by atoms with Crippen LogP contribution in [0.3, 0.4) is 0 Å². The van der Waals surface area contributed by atoms with Crippen LogP contribution in [-0.2, 0) is 6.54 Å². The number of nitrogens with two attached hydrogens (primary N) is 1. The van der Waals surface area contributed by atoms with E-state index in [-0.39, 0.29) is 0 Å². The molecule has 0 radical (unpaired) electrons. The van der Waals surface area contributed by atoms with Crippen molar-refractivity contribution in [1.82, 2.24) is 9.97 Å². The molecule has 24 heavy (non-hydrogen) atoms. The van der Waals surface area contributed by atoms with Crippen LogP contribution in [0.5, 0.6) is 0 Å². The van der Waals surface area contributed by atoms with Crippen molar-refractivity contribution >= 4 is 45.5 Å². The largest absolute Gasteiger partial charge is 0.384 e. The standard InChI is InChI=1S/C18H17N5S/c1-11-22-14(10-24-11)9-21-16-7-18(19)23-17-6-12(2-3-15(16)17)13-4-5-20-8-13/h2-7,10H,8-9H2,1H3,(H3,19,21,23). The van der Waals surface area contributed by atoms with Gasteiger partial charge in [-0.25, -0.2) is 9.97 Å². The lowest BCUT2D eigenvalue weighted by Gasteiger charge is -2.11. The number of anilines is 2. The number of aliphatic imine (C=N–C) groups is 1. The van der Waals surface area contributed by atoms with Gasteiger partial charge in [-0.2, -0.15) is 0 Å². The summed E-state index contributed by atoms with van der Waals surface area (Å²) in [5, 5.41) is 7.63. The number of hydrogen-bond donors (Lipinski definition) is 2. The Kier molecular flexibility index (Phi) is 3.74. The molecule has 4 rings (SSSR count). The molecule has 0 atom stereocenters. The number of allylic oxidation sites excluding steroid dienone is 1. The summed E-state index contributed by atoms with van der Waals surface area (Å²) >= 11 is 1.66. The molecule has 3 aromatic rings. The average molecular weight is 335 g/mol. The second kappa shape index (κ2) is 6.05. The molecule has 5 nitrogen and oxygen atoms in total. The average Bonchev–Trinajstić information content (AvgIpc) is 3.23. The van der Waals surface area contributed by atoms with Crippen LogP contribution in [0.1, 0.15) is 16.3 Å². The number of pyridine rings is 1. The van der Waals surface area contributed by atoms with Gasteiger partial charge in [-0.1, -0.05) is 12.1 Å². The molecule has 1 aliphatic heterocycles. The Balaban J connectivity index is 1.67. The first kappa shape index (κ1) is 14.8. The van der Waals surface area contributed by atoms with E-state index in [2.05, 4.69) is 43.9 Å². The Bertz CT molecular complexity index is 971. The highest BCUT2D eigenvalue weighted by atomic mass is 32.1. The molecular weight excluding hydrogens is 318 g/mol. The van der Waals surface area contributed by atoms with Crippen LogP contribution in [0.15, 0.2) is 40.7 Å². The van der Waals surface area contributed by atoms with E-state index in [9.17, 15) is 0 Å². The minimum Gasteiger partial charge on any atom is -0.384 e. The fourth-order valence-corrected chi connectivity index (χ4v) is 3.42. The molecule has 3 N–H and O–H groups in total. The number of nitrogen functional groups attached to an aromatic ring is 1. The van der Waals surface area contributed by atoms with Gasteiger partial charge in [-0.3, -0.25) is 4.99 Å². The van der Waals surface area contributed by atoms with E-state index in [1.54, 1.807) is 11.3 Å². The number of aryl methyl sites for hydroxylation is 1. The lowest BCUT2D eigenvalue weighted by atomic mass is 10.0. The predicted molar refractivity (Wildman–Crippen MR) is 102 cm³/mol. The molecule has 0 fully saturated rings. The zero-order valence-electron chi connectivity index (χ0n) is 13.3. The van der Waals surface area contributed by atoms with Crippen LogP contribution >= 0.6 is 11.3 Å². The van der Waals surface area contributed by atoms with Crippen molar-refractivity contribution in [3.8, 4) is 0 Å². The number of nitrogens with one attached hydrogen (secondary N) is 1. The van der Waals surface area contributed by atoms with Crippen LogP contribution in [0.4, 0.5) is 11.5 Å². The quantitative estimate of drug-likeness (QED) is 0.763. The maximum Gasteiger partial charge on any atom is 0.126 e.